The van der Waals surface area contributed by atoms with E-state index in [9.17, 15) is 14.0 Å². The van der Waals surface area contributed by atoms with Crippen LogP contribution in [-0.4, -0.2) is 17.1 Å². The van der Waals surface area contributed by atoms with Gasteiger partial charge in [0.15, 0.2) is 0 Å². The summed E-state index contributed by atoms with van der Waals surface area (Å²) in [7, 11) is 0. The molecule has 2 amide bonds. The topological polar surface area (TPSA) is 58.2 Å². The molecule has 1 atom stereocenters. The summed E-state index contributed by atoms with van der Waals surface area (Å²) in [6.07, 6.45) is 0. The third-order valence-electron chi connectivity index (χ3n) is 4.01. The Morgan fingerprint density at radius 1 is 0.966 bits per heavy atom. The summed E-state index contributed by atoms with van der Waals surface area (Å²) in [5.41, 5.74) is 1.68. The van der Waals surface area contributed by atoms with Gasteiger partial charge in [0.1, 0.15) is 5.82 Å². The molecule has 0 aliphatic rings. The number of hydrogen-bond donors (Lipinski definition) is 2. The first-order valence-corrected chi connectivity index (χ1v) is 10.5. The molecule has 1 unspecified atom stereocenters. The van der Waals surface area contributed by atoms with Crippen molar-refractivity contribution >= 4 is 50.9 Å². The second-order valence-electron chi connectivity index (χ2n) is 6.22. The third kappa shape index (κ3) is 5.92. The van der Waals surface area contributed by atoms with E-state index >= 15 is 0 Å². The van der Waals surface area contributed by atoms with Crippen molar-refractivity contribution in [1.82, 2.24) is 0 Å². The Labute approximate surface area is 181 Å². The predicted octanol–water partition coefficient (Wildman–Crippen LogP) is 5.96. The highest BCUT2D eigenvalue weighted by molar-refractivity contribution is 9.10. The molecule has 0 saturated carbocycles. The van der Waals surface area contributed by atoms with Gasteiger partial charge in [0, 0.05) is 20.6 Å². The quantitative estimate of drug-likeness (QED) is 0.435. The van der Waals surface area contributed by atoms with Gasteiger partial charge < -0.3 is 10.6 Å². The lowest BCUT2D eigenvalue weighted by molar-refractivity contribution is -0.115. The number of anilines is 2. The van der Waals surface area contributed by atoms with E-state index in [0.717, 1.165) is 9.37 Å². The van der Waals surface area contributed by atoms with Crippen LogP contribution in [0.2, 0.25) is 0 Å². The Kier molecular flexibility index (Phi) is 7.06. The molecule has 0 aromatic heterocycles. The van der Waals surface area contributed by atoms with Gasteiger partial charge >= 0.3 is 0 Å². The van der Waals surface area contributed by atoms with Crippen LogP contribution >= 0.6 is 27.7 Å². The number of thioether (sulfide) groups is 1. The SMILES string of the molecule is CC(Sc1cccc(NC(=O)c2ccc(F)cc2)c1)C(=O)Nc1ccccc1Br. The molecular formula is C22H18BrFN2O2S. The highest BCUT2D eigenvalue weighted by Gasteiger charge is 2.16. The number of hydrogen-bond acceptors (Lipinski definition) is 3. The molecule has 3 aromatic carbocycles. The molecule has 7 heteroatoms. The number of nitrogens with one attached hydrogen (secondary N) is 2. The molecule has 4 nitrogen and oxygen atoms in total. The van der Waals surface area contributed by atoms with E-state index in [0.29, 0.717) is 16.9 Å². The number of carbonyl (C=O) groups excluding carboxylic acids is 2. The van der Waals surface area contributed by atoms with E-state index < -0.39 is 5.82 Å². The van der Waals surface area contributed by atoms with Crippen LogP contribution in [0.4, 0.5) is 15.8 Å². The van der Waals surface area contributed by atoms with Gasteiger partial charge in [-0.15, -0.1) is 11.8 Å². The minimum atomic E-state index is -0.394. The molecule has 0 heterocycles. The zero-order valence-corrected chi connectivity index (χ0v) is 17.9. The molecule has 0 aliphatic heterocycles. The van der Waals surface area contributed by atoms with Gasteiger partial charge in [-0.05, 0) is 77.5 Å². The van der Waals surface area contributed by atoms with Crippen molar-refractivity contribution in [2.75, 3.05) is 10.6 Å². The van der Waals surface area contributed by atoms with Gasteiger partial charge in [-0.3, -0.25) is 9.59 Å². The van der Waals surface area contributed by atoms with E-state index in [2.05, 4.69) is 26.6 Å². The summed E-state index contributed by atoms with van der Waals surface area (Å²) in [4.78, 5) is 25.6. The Balaban J connectivity index is 1.63. The monoisotopic (exact) mass is 472 g/mol. The van der Waals surface area contributed by atoms with Crippen molar-refractivity contribution in [3.8, 4) is 0 Å². The third-order valence-corrected chi connectivity index (χ3v) is 5.80. The minimum Gasteiger partial charge on any atom is -0.324 e. The number of halogens is 2. The number of amides is 2. The van der Waals surface area contributed by atoms with Crippen molar-refractivity contribution in [1.29, 1.82) is 0 Å². The molecule has 0 radical (unpaired) electrons. The van der Waals surface area contributed by atoms with E-state index in [1.54, 1.807) is 18.2 Å². The first-order valence-electron chi connectivity index (χ1n) is 8.81. The normalized spacial score (nSPS) is 11.6. The van der Waals surface area contributed by atoms with Crippen LogP contribution in [0.3, 0.4) is 0 Å². The second kappa shape index (κ2) is 9.71. The predicted molar refractivity (Wildman–Crippen MR) is 119 cm³/mol. The summed E-state index contributed by atoms with van der Waals surface area (Å²) < 4.78 is 13.8. The Morgan fingerprint density at radius 2 is 1.69 bits per heavy atom. The molecule has 0 aliphatic carbocycles. The highest BCUT2D eigenvalue weighted by atomic mass is 79.9. The van der Waals surface area contributed by atoms with E-state index in [-0.39, 0.29) is 17.1 Å². The fourth-order valence-electron chi connectivity index (χ4n) is 2.51. The Morgan fingerprint density at radius 3 is 2.41 bits per heavy atom. The summed E-state index contributed by atoms with van der Waals surface area (Å²) in [5, 5.41) is 5.34. The maximum atomic E-state index is 13.0. The average Bonchev–Trinajstić information content (AvgIpc) is 2.70. The molecule has 0 bridgehead atoms. The fraction of sp³-hybridized carbons (Fsp3) is 0.0909. The average molecular weight is 473 g/mol. The molecule has 148 valence electrons. The van der Waals surface area contributed by atoms with Crippen LogP contribution in [0.1, 0.15) is 17.3 Å². The number of benzene rings is 3. The molecule has 0 saturated heterocycles. The lowest BCUT2D eigenvalue weighted by atomic mass is 10.2. The molecule has 0 fully saturated rings. The van der Waals surface area contributed by atoms with Crippen molar-refractivity contribution in [2.24, 2.45) is 0 Å². The van der Waals surface area contributed by atoms with Gasteiger partial charge in [0.25, 0.3) is 5.91 Å². The van der Waals surface area contributed by atoms with Crippen LogP contribution in [0.15, 0.2) is 82.2 Å². The van der Waals surface area contributed by atoms with Crippen molar-refractivity contribution < 1.29 is 14.0 Å². The lowest BCUT2D eigenvalue weighted by Crippen LogP contribution is -2.22. The van der Waals surface area contributed by atoms with Crippen LogP contribution in [0, 0.1) is 5.82 Å². The fourth-order valence-corrected chi connectivity index (χ4v) is 3.82. The summed E-state index contributed by atoms with van der Waals surface area (Å²) >= 11 is 4.80. The van der Waals surface area contributed by atoms with Crippen molar-refractivity contribution in [3.63, 3.8) is 0 Å². The van der Waals surface area contributed by atoms with E-state index in [1.807, 2.05) is 37.3 Å². The van der Waals surface area contributed by atoms with Gasteiger partial charge in [0.05, 0.1) is 10.9 Å². The zero-order chi connectivity index (χ0) is 20.8. The zero-order valence-electron chi connectivity index (χ0n) is 15.5. The smallest absolute Gasteiger partial charge is 0.255 e. The molecular weight excluding hydrogens is 455 g/mol. The van der Waals surface area contributed by atoms with Crippen molar-refractivity contribution in [3.05, 3.63) is 88.6 Å². The molecule has 3 aromatic rings. The largest absolute Gasteiger partial charge is 0.324 e. The summed E-state index contributed by atoms with van der Waals surface area (Å²) in [5.74, 6) is -0.843. The lowest BCUT2D eigenvalue weighted by Gasteiger charge is -2.14. The highest BCUT2D eigenvalue weighted by Crippen LogP contribution is 2.28. The maximum absolute atomic E-state index is 13.0. The standard InChI is InChI=1S/C22H18BrFN2O2S/c1-14(21(27)26-20-8-3-2-7-19(20)23)29-18-6-4-5-17(13-18)25-22(28)15-9-11-16(24)12-10-15/h2-14H,1H3,(H,25,28)(H,26,27). The van der Waals surface area contributed by atoms with Crippen LogP contribution in [0.5, 0.6) is 0 Å². The number of rotatable bonds is 6. The van der Waals surface area contributed by atoms with Crippen molar-refractivity contribution in [2.45, 2.75) is 17.1 Å². The minimum absolute atomic E-state index is 0.123. The van der Waals surface area contributed by atoms with E-state index in [1.165, 1.54) is 36.0 Å². The molecule has 29 heavy (non-hydrogen) atoms. The number of para-hydroxylation sites is 1. The van der Waals surface area contributed by atoms with Gasteiger partial charge in [-0.25, -0.2) is 4.39 Å². The van der Waals surface area contributed by atoms with Gasteiger partial charge in [-0.1, -0.05) is 18.2 Å². The van der Waals surface area contributed by atoms with Crippen LogP contribution in [0.25, 0.3) is 0 Å². The Bertz CT molecular complexity index is 1030. The Hall–Kier alpha value is -2.64. The first kappa shape index (κ1) is 21.1. The first-order chi connectivity index (χ1) is 13.9. The van der Waals surface area contributed by atoms with Gasteiger partial charge in [0.2, 0.25) is 5.91 Å². The maximum Gasteiger partial charge on any atom is 0.255 e. The molecule has 3 rings (SSSR count). The van der Waals surface area contributed by atoms with Crippen LogP contribution in [-0.2, 0) is 4.79 Å². The summed E-state index contributed by atoms with van der Waals surface area (Å²) in [6, 6.07) is 20.0. The number of carbonyl (C=O) groups is 2. The van der Waals surface area contributed by atoms with E-state index in [4.69, 9.17) is 0 Å². The molecule has 2 N–H and O–H groups in total. The summed E-state index contributed by atoms with van der Waals surface area (Å²) in [6.45, 7) is 1.82. The molecule has 0 spiro atoms. The van der Waals surface area contributed by atoms with Gasteiger partial charge in [-0.2, -0.15) is 0 Å². The van der Waals surface area contributed by atoms with Crippen LogP contribution < -0.4 is 10.6 Å². The second-order valence-corrected chi connectivity index (χ2v) is 8.49.